The van der Waals surface area contributed by atoms with E-state index in [4.69, 9.17) is 32.7 Å². The first-order valence-corrected chi connectivity index (χ1v) is 9.27. The minimum atomic E-state index is -0.494. The van der Waals surface area contributed by atoms with Crippen LogP contribution in [0.4, 0.5) is 15.9 Å². The first-order valence-electron chi connectivity index (χ1n) is 8.52. The van der Waals surface area contributed by atoms with Crippen LogP contribution in [-0.2, 0) is 0 Å². The summed E-state index contributed by atoms with van der Waals surface area (Å²) in [5.41, 5.74) is 1.23. The van der Waals surface area contributed by atoms with E-state index in [9.17, 15) is 4.39 Å². The number of nitrogens with zero attached hydrogens (tertiary/aromatic N) is 2. The van der Waals surface area contributed by atoms with Gasteiger partial charge in [-0.2, -0.15) is 0 Å². The molecular weight excluding hydrogens is 416 g/mol. The number of rotatable bonds is 5. The second kappa shape index (κ2) is 8.11. The van der Waals surface area contributed by atoms with Gasteiger partial charge >= 0.3 is 0 Å². The van der Waals surface area contributed by atoms with Crippen LogP contribution in [0.1, 0.15) is 0 Å². The lowest BCUT2D eigenvalue weighted by atomic mass is 10.2. The Bertz CT molecular complexity index is 1200. The maximum Gasteiger partial charge on any atom is 0.170 e. The standard InChI is InChI=1S/C21H14Cl2FN3O2/c1-28-19-10-18-15(9-20(19)29-14-4-2-3-12(22)7-14)21(26-11-25-18)27-13-5-6-17(24)16(23)8-13/h2-11H,1H3,(H,25,26,27). The summed E-state index contributed by atoms with van der Waals surface area (Å²) in [7, 11) is 1.55. The third-order valence-electron chi connectivity index (χ3n) is 4.13. The molecule has 0 bridgehead atoms. The molecular formula is C21H14Cl2FN3O2. The molecule has 1 heterocycles. The number of halogens is 3. The van der Waals surface area contributed by atoms with Crippen LogP contribution in [-0.4, -0.2) is 17.1 Å². The highest BCUT2D eigenvalue weighted by Crippen LogP contribution is 2.37. The number of hydrogen-bond acceptors (Lipinski definition) is 5. The number of nitrogens with one attached hydrogen (secondary N) is 1. The highest BCUT2D eigenvalue weighted by molar-refractivity contribution is 6.31. The summed E-state index contributed by atoms with van der Waals surface area (Å²) in [6, 6.07) is 14.9. The first kappa shape index (κ1) is 19.2. The van der Waals surface area contributed by atoms with Crippen LogP contribution in [0.2, 0.25) is 10.0 Å². The number of aromatic nitrogens is 2. The Kier molecular flexibility index (Phi) is 5.38. The molecule has 0 saturated heterocycles. The van der Waals surface area contributed by atoms with Gasteiger partial charge in [-0.3, -0.25) is 0 Å². The molecule has 0 radical (unpaired) electrons. The smallest absolute Gasteiger partial charge is 0.170 e. The Morgan fingerprint density at radius 1 is 0.966 bits per heavy atom. The molecule has 4 aromatic rings. The van der Waals surface area contributed by atoms with Crippen molar-refractivity contribution in [2.24, 2.45) is 0 Å². The van der Waals surface area contributed by atoms with Gasteiger partial charge < -0.3 is 14.8 Å². The first-order chi connectivity index (χ1) is 14.0. The Morgan fingerprint density at radius 2 is 1.83 bits per heavy atom. The van der Waals surface area contributed by atoms with Crippen LogP contribution >= 0.6 is 23.2 Å². The third kappa shape index (κ3) is 4.18. The van der Waals surface area contributed by atoms with Crippen LogP contribution in [0.15, 0.2) is 60.9 Å². The minimum absolute atomic E-state index is 0.0139. The zero-order valence-corrected chi connectivity index (χ0v) is 16.6. The van der Waals surface area contributed by atoms with Crippen molar-refractivity contribution in [2.75, 3.05) is 12.4 Å². The predicted octanol–water partition coefficient (Wildman–Crippen LogP) is 6.62. The fraction of sp³-hybridized carbons (Fsp3) is 0.0476. The maximum absolute atomic E-state index is 13.4. The van der Waals surface area contributed by atoms with E-state index in [1.807, 2.05) is 0 Å². The topological polar surface area (TPSA) is 56.3 Å². The van der Waals surface area contributed by atoms with E-state index in [2.05, 4.69) is 15.3 Å². The lowest BCUT2D eigenvalue weighted by molar-refractivity contribution is 0.379. The molecule has 1 N–H and O–H groups in total. The van der Waals surface area contributed by atoms with Gasteiger partial charge in [0.15, 0.2) is 11.5 Å². The van der Waals surface area contributed by atoms with E-state index in [0.29, 0.717) is 44.7 Å². The van der Waals surface area contributed by atoms with Crippen molar-refractivity contribution in [3.63, 3.8) is 0 Å². The molecule has 0 atom stereocenters. The van der Waals surface area contributed by atoms with Crippen LogP contribution in [0.25, 0.3) is 10.9 Å². The van der Waals surface area contributed by atoms with E-state index in [1.165, 1.54) is 18.5 Å². The normalized spacial score (nSPS) is 10.8. The van der Waals surface area contributed by atoms with Crippen molar-refractivity contribution in [1.29, 1.82) is 0 Å². The monoisotopic (exact) mass is 429 g/mol. The Hall–Kier alpha value is -3.09. The van der Waals surface area contributed by atoms with E-state index >= 15 is 0 Å². The van der Waals surface area contributed by atoms with Gasteiger partial charge in [-0.05, 0) is 42.5 Å². The van der Waals surface area contributed by atoms with Gasteiger partial charge in [0.05, 0.1) is 17.6 Å². The van der Waals surface area contributed by atoms with Gasteiger partial charge in [-0.25, -0.2) is 14.4 Å². The third-order valence-corrected chi connectivity index (χ3v) is 4.65. The quantitative estimate of drug-likeness (QED) is 0.386. The lowest BCUT2D eigenvalue weighted by Gasteiger charge is -2.14. The molecule has 0 spiro atoms. The molecule has 0 aliphatic rings. The van der Waals surface area contributed by atoms with Gasteiger partial charge in [-0.1, -0.05) is 29.3 Å². The highest BCUT2D eigenvalue weighted by atomic mass is 35.5. The van der Waals surface area contributed by atoms with Gasteiger partial charge in [0.2, 0.25) is 0 Å². The molecule has 0 aliphatic heterocycles. The Balaban J connectivity index is 1.76. The number of anilines is 2. The molecule has 3 aromatic carbocycles. The van der Waals surface area contributed by atoms with Crippen molar-refractivity contribution in [1.82, 2.24) is 9.97 Å². The van der Waals surface area contributed by atoms with Gasteiger partial charge in [0, 0.05) is 22.2 Å². The molecule has 146 valence electrons. The summed E-state index contributed by atoms with van der Waals surface area (Å²) in [6.45, 7) is 0. The molecule has 5 nitrogen and oxygen atoms in total. The lowest BCUT2D eigenvalue weighted by Crippen LogP contribution is -1.98. The average Bonchev–Trinajstić information content (AvgIpc) is 2.71. The predicted molar refractivity (Wildman–Crippen MR) is 112 cm³/mol. The van der Waals surface area contributed by atoms with Crippen molar-refractivity contribution in [3.8, 4) is 17.2 Å². The zero-order valence-electron chi connectivity index (χ0n) is 15.1. The second-order valence-corrected chi connectivity index (χ2v) is 6.90. The number of methoxy groups -OCH3 is 1. The minimum Gasteiger partial charge on any atom is -0.493 e. The molecule has 0 aliphatic carbocycles. The maximum atomic E-state index is 13.4. The average molecular weight is 430 g/mol. The van der Waals surface area contributed by atoms with Gasteiger partial charge in [0.1, 0.15) is 23.7 Å². The fourth-order valence-corrected chi connectivity index (χ4v) is 3.13. The van der Waals surface area contributed by atoms with Gasteiger partial charge in [0.25, 0.3) is 0 Å². The molecule has 0 unspecified atom stereocenters. The van der Waals surface area contributed by atoms with Crippen molar-refractivity contribution < 1.29 is 13.9 Å². The zero-order chi connectivity index (χ0) is 20.4. The summed E-state index contributed by atoms with van der Waals surface area (Å²) in [5, 5.41) is 4.39. The van der Waals surface area contributed by atoms with Gasteiger partial charge in [-0.15, -0.1) is 0 Å². The molecule has 0 fully saturated rings. The molecule has 8 heteroatoms. The summed E-state index contributed by atoms with van der Waals surface area (Å²) < 4.78 is 24.8. The second-order valence-electron chi connectivity index (χ2n) is 6.06. The summed E-state index contributed by atoms with van der Waals surface area (Å²) >= 11 is 11.9. The molecule has 0 saturated carbocycles. The van der Waals surface area contributed by atoms with Crippen LogP contribution in [0, 0.1) is 5.82 Å². The number of hydrogen-bond donors (Lipinski definition) is 1. The van der Waals surface area contributed by atoms with Crippen molar-refractivity contribution >= 4 is 45.6 Å². The van der Waals surface area contributed by atoms with E-state index in [0.717, 1.165) is 0 Å². The van der Waals surface area contributed by atoms with Crippen molar-refractivity contribution in [3.05, 3.63) is 76.8 Å². The number of ether oxygens (including phenoxy) is 2. The van der Waals surface area contributed by atoms with Crippen LogP contribution in [0.3, 0.4) is 0 Å². The largest absolute Gasteiger partial charge is 0.493 e. The highest BCUT2D eigenvalue weighted by Gasteiger charge is 2.13. The molecule has 1 aromatic heterocycles. The Morgan fingerprint density at radius 3 is 2.59 bits per heavy atom. The van der Waals surface area contributed by atoms with E-state index < -0.39 is 5.82 Å². The molecule has 29 heavy (non-hydrogen) atoms. The SMILES string of the molecule is COc1cc2ncnc(Nc3ccc(F)c(Cl)c3)c2cc1Oc1cccc(Cl)c1. The van der Waals surface area contributed by atoms with Crippen molar-refractivity contribution in [2.45, 2.75) is 0 Å². The summed E-state index contributed by atoms with van der Waals surface area (Å²) in [6.07, 6.45) is 1.42. The van der Waals surface area contributed by atoms with Crippen LogP contribution < -0.4 is 14.8 Å². The molecule has 0 amide bonds. The summed E-state index contributed by atoms with van der Waals surface area (Å²) in [5.74, 6) is 1.55. The van der Waals surface area contributed by atoms with Crippen LogP contribution in [0.5, 0.6) is 17.2 Å². The van der Waals surface area contributed by atoms with E-state index in [-0.39, 0.29) is 5.02 Å². The number of fused-ring (bicyclic) bond motifs is 1. The molecule has 4 rings (SSSR count). The summed E-state index contributed by atoms with van der Waals surface area (Å²) in [4.78, 5) is 8.59. The number of benzene rings is 3. The fourth-order valence-electron chi connectivity index (χ4n) is 2.77. The Labute approximate surface area is 176 Å². The van der Waals surface area contributed by atoms with E-state index in [1.54, 1.807) is 49.6 Å².